The summed E-state index contributed by atoms with van der Waals surface area (Å²) in [5, 5.41) is 9.74. The molecule has 0 aromatic carbocycles. The molecule has 0 radical (unpaired) electrons. The molecular formula is C5H7F2NO3. The van der Waals surface area contributed by atoms with Gasteiger partial charge in [0.25, 0.3) is 5.91 Å². The molecule has 0 bridgehead atoms. The van der Waals surface area contributed by atoms with Crippen LogP contribution in [0, 0.1) is 0 Å². The molecule has 0 fully saturated rings. The molecule has 1 atom stereocenters. The number of rotatable bonds is 3. The van der Waals surface area contributed by atoms with Gasteiger partial charge >= 0.3 is 12.4 Å². The summed E-state index contributed by atoms with van der Waals surface area (Å²) in [5.41, 5.74) is 0. The lowest BCUT2D eigenvalue weighted by atomic mass is 10.3. The van der Waals surface area contributed by atoms with Crippen LogP contribution < -0.4 is 5.32 Å². The van der Waals surface area contributed by atoms with Crippen LogP contribution in [0.3, 0.4) is 0 Å². The number of nitrogens with one attached hydrogen (secondary N) is 1. The Morgan fingerprint density at radius 1 is 1.45 bits per heavy atom. The van der Waals surface area contributed by atoms with Gasteiger partial charge in [-0.15, -0.1) is 0 Å². The van der Waals surface area contributed by atoms with Crippen LogP contribution in [0.15, 0.2) is 0 Å². The normalized spacial score (nSPS) is 12.7. The van der Waals surface area contributed by atoms with Crippen LogP contribution in [0.25, 0.3) is 0 Å². The molecule has 0 aromatic heterocycles. The molecule has 4 nitrogen and oxygen atoms in total. The number of carboxylic acids is 1. The minimum atomic E-state index is -3.17. The van der Waals surface area contributed by atoms with E-state index in [-0.39, 0.29) is 0 Å². The molecule has 0 aliphatic heterocycles. The number of hydrogen-bond acceptors (Lipinski definition) is 2. The Balaban J connectivity index is 3.85. The van der Waals surface area contributed by atoms with E-state index in [4.69, 9.17) is 5.11 Å². The van der Waals surface area contributed by atoms with Crippen LogP contribution in [0.5, 0.6) is 0 Å². The van der Waals surface area contributed by atoms with Crippen molar-refractivity contribution in [2.24, 2.45) is 0 Å². The first kappa shape index (κ1) is 9.80. The minimum Gasteiger partial charge on any atom is -0.480 e. The molecule has 1 amide bonds. The summed E-state index contributed by atoms with van der Waals surface area (Å²) >= 11 is 0. The molecule has 0 rings (SSSR count). The highest BCUT2D eigenvalue weighted by molar-refractivity contribution is 5.84. The Bertz CT molecular complexity index is 171. The van der Waals surface area contributed by atoms with E-state index in [1.807, 2.05) is 0 Å². The highest BCUT2D eigenvalue weighted by Crippen LogP contribution is 1.92. The van der Waals surface area contributed by atoms with E-state index in [0.717, 1.165) is 6.92 Å². The third-order valence-corrected chi connectivity index (χ3v) is 0.927. The highest BCUT2D eigenvalue weighted by Gasteiger charge is 2.20. The zero-order valence-corrected chi connectivity index (χ0v) is 5.67. The average molecular weight is 167 g/mol. The van der Waals surface area contributed by atoms with Gasteiger partial charge in [-0.1, -0.05) is 0 Å². The van der Waals surface area contributed by atoms with Gasteiger partial charge in [0.05, 0.1) is 0 Å². The van der Waals surface area contributed by atoms with E-state index < -0.39 is 24.3 Å². The van der Waals surface area contributed by atoms with E-state index >= 15 is 0 Å². The Morgan fingerprint density at radius 2 is 1.91 bits per heavy atom. The number of hydrogen-bond donors (Lipinski definition) is 2. The fraction of sp³-hybridized carbons (Fsp3) is 0.600. The molecule has 64 valence electrons. The Labute approximate surface area is 61.2 Å². The molecular weight excluding hydrogens is 160 g/mol. The molecule has 0 heterocycles. The topological polar surface area (TPSA) is 66.4 Å². The van der Waals surface area contributed by atoms with Gasteiger partial charge in [0.15, 0.2) is 0 Å². The summed E-state index contributed by atoms with van der Waals surface area (Å²) in [4.78, 5) is 20.1. The zero-order valence-electron chi connectivity index (χ0n) is 5.67. The summed E-state index contributed by atoms with van der Waals surface area (Å²) in [5.74, 6) is -2.92. The molecule has 0 unspecified atom stereocenters. The second-order valence-corrected chi connectivity index (χ2v) is 1.87. The van der Waals surface area contributed by atoms with Crippen molar-refractivity contribution < 1.29 is 23.5 Å². The van der Waals surface area contributed by atoms with Crippen molar-refractivity contribution in [1.29, 1.82) is 0 Å². The molecule has 11 heavy (non-hydrogen) atoms. The Morgan fingerprint density at radius 3 is 2.18 bits per heavy atom. The van der Waals surface area contributed by atoms with E-state index in [1.165, 1.54) is 0 Å². The van der Waals surface area contributed by atoms with E-state index in [2.05, 4.69) is 0 Å². The first-order valence-electron chi connectivity index (χ1n) is 2.76. The fourth-order valence-electron chi connectivity index (χ4n) is 0.338. The van der Waals surface area contributed by atoms with Crippen molar-refractivity contribution in [3.05, 3.63) is 0 Å². The molecule has 0 aliphatic carbocycles. The Hall–Kier alpha value is -1.20. The fourth-order valence-corrected chi connectivity index (χ4v) is 0.338. The van der Waals surface area contributed by atoms with Gasteiger partial charge in [-0.25, -0.2) is 0 Å². The maximum atomic E-state index is 11.4. The Kier molecular flexibility index (Phi) is 3.43. The average Bonchev–Trinajstić information content (AvgIpc) is 1.87. The third kappa shape index (κ3) is 3.49. The van der Waals surface area contributed by atoms with Gasteiger partial charge < -0.3 is 10.4 Å². The van der Waals surface area contributed by atoms with E-state index in [9.17, 15) is 18.4 Å². The number of amides is 1. The number of halogens is 2. The lowest BCUT2D eigenvalue weighted by Crippen LogP contribution is -2.41. The molecule has 0 aliphatic rings. The quantitative estimate of drug-likeness (QED) is 0.613. The maximum absolute atomic E-state index is 11.4. The van der Waals surface area contributed by atoms with E-state index in [1.54, 1.807) is 5.32 Å². The molecule has 6 heteroatoms. The smallest absolute Gasteiger partial charge is 0.325 e. The number of aliphatic carboxylic acids is 1. The predicted molar refractivity (Wildman–Crippen MR) is 31.2 cm³/mol. The zero-order chi connectivity index (χ0) is 9.02. The van der Waals surface area contributed by atoms with Crippen molar-refractivity contribution in [1.82, 2.24) is 5.32 Å². The number of carbonyl (C=O) groups excluding carboxylic acids is 1. The number of carbonyl (C=O) groups is 2. The second kappa shape index (κ2) is 3.85. The van der Waals surface area contributed by atoms with Gasteiger partial charge in [-0.3, -0.25) is 9.59 Å². The molecule has 0 saturated carbocycles. The van der Waals surface area contributed by atoms with Crippen molar-refractivity contribution in [3.8, 4) is 0 Å². The largest absolute Gasteiger partial charge is 0.480 e. The minimum absolute atomic E-state index is 1.10. The monoisotopic (exact) mass is 167 g/mol. The van der Waals surface area contributed by atoms with E-state index in [0.29, 0.717) is 0 Å². The lowest BCUT2D eigenvalue weighted by molar-refractivity contribution is -0.143. The van der Waals surface area contributed by atoms with Crippen LogP contribution >= 0.6 is 0 Å². The van der Waals surface area contributed by atoms with Crippen molar-refractivity contribution >= 4 is 11.9 Å². The summed E-state index contributed by atoms with van der Waals surface area (Å²) in [6, 6.07) is -1.28. The third-order valence-electron chi connectivity index (χ3n) is 0.927. The van der Waals surface area contributed by atoms with Gasteiger partial charge in [-0.05, 0) is 6.92 Å². The first-order valence-corrected chi connectivity index (χ1v) is 2.76. The summed E-state index contributed by atoms with van der Waals surface area (Å²) < 4.78 is 22.9. The molecule has 2 N–H and O–H groups in total. The first-order chi connectivity index (χ1) is 4.95. The summed E-state index contributed by atoms with van der Waals surface area (Å²) in [7, 11) is 0. The van der Waals surface area contributed by atoms with Crippen LogP contribution in [0.2, 0.25) is 0 Å². The van der Waals surface area contributed by atoms with Gasteiger partial charge in [0.2, 0.25) is 0 Å². The number of alkyl halides is 2. The molecule has 0 spiro atoms. The lowest BCUT2D eigenvalue weighted by Gasteiger charge is -2.07. The molecule has 0 aromatic rings. The summed E-state index contributed by atoms with van der Waals surface area (Å²) in [6.07, 6.45) is -3.17. The SMILES string of the molecule is C[C@@H](NC(=O)C(F)F)C(=O)O. The van der Waals surface area contributed by atoms with Gasteiger partial charge in [0.1, 0.15) is 6.04 Å². The maximum Gasteiger partial charge on any atom is 0.325 e. The van der Waals surface area contributed by atoms with Gasteiger partial charge in [-0.2, -0.15) is 8.78 Å². The van der Waals surface area contributed by atoms with Gasteiger partial charge in [0, 0.05) is 0 Å². The standard InChI is InChI=1S/C5H7F2NO3/c1-2(5(10)11)8-4(9)3(6)7/h2-3H,1H3,(H,8,9)(H,10,11)/t2-/m1/s1. The van der Waals surface area contributed by atoms with Crippen LogP contribution in [-0.2, 0) is 9.59 Å². The van der Waals surface area contributed by atoms with Crippen LogP contribution in [0.1, 0.15) is 6.92 Å². The number of carboxylic acid groups (broad SMARTS) is 1. The van der Waals surface area contributed by atoms with Crippen LogP contribution in [0.4, 0.5) is 8.78 Å². The second-order valence-electron chi connectivity index (χ2n) is 1.87. The van der Waals surface area contributed by atoms with Crippen molar-refractivity contribution in [3.63, 3.8) is 0 Å². The van der Waals surface area contributed by atoms with Crippen LogP contribution in [-0.4, -0.2) is 29.5 Å². The predicted octanol–water partition coefficient (Wildman–Crippen LogP) is -0.159. The summed E-state index contributed by atoms with van der Waals surface area (Å²) in [6.45, 7) is 1.10. The van der Waals surface area contributed by atoms with Crippen molar-refractivity contribution in [2.45, 2.75) is 19.4 Å². The van der Waals surface area contributed by atoms with Crippen molar-refractivity contribution in [2.75, 3.05) is 0 Å². The highest BCUT2D eigenvalue weighted by atomic mass is 19.3. The molecule has 0 saturated heterocycles.